The number of rotatable bonds is 4. The highest BCUT2D eigenvalue weighted by Crippen LogP contribution is 2.16. The first kappa shape index (κ1) is 17.3. The first-order valence-corrected chi connectivity index (χ1v) is 8.37. The van der Waals surface area contributed by atoms with E-state index in [-0.39, 0.29) is 17.8 Å². The van der Waals surface area contributed by atoms with Crippen LogP contribution in [0.15, 0.2) is 36.7 Å². The topological polar surface area (TPSA) is 61.4 Å². The second-order valence-corrected chi connectivity index (χ2v) is 6.22. The molecule has 25 heavy (non-hydrogen) atoms. The van der Waals surface area contributed by atoms with Gasteiger partial charge < -0.3 is 10.2 Å². The van der Waals surface area contributed by atoms with E-state index in [2.05, 4.69) is 25.1 Å². The predicted octanol–water partition coefficient (Wildman–Crippen LogP) is 2.07. The molecule has 1 aromatic heterocycles. The van der Waals surface area contributed by atoms with Gasteiger partial charge in [-0.1, -0.05) is 6.07 Å². The molecule has 1 amide bonds. The summed E-state index contributed by atoms with van der Waals surface area (Å²) in [7, 11) is 0. The third-order valence-corrected chi connectivity index (χ3v) is 4.45. The summed E-state index contributed by atoms with van der Waals surface area (Å²) in [6, 6.07) is 7.63. The number of carbonyl (C=O) groups is 1. The van der Waals surface area contributed by atoms with Crippen molar-refractivity contribution in [3.63, 3.8) is 0 Å². The summed E-state index contributed by atoms with van der Waals surface area (Å²) in [5.74, 6) is 0.431. The Kier molecular flexibility index (Phi) is 5.23. The highest BCUT2D eigenvalue weighted by molar-refractivity contribution is 5.94. The number of halogens is 1. The molecule has 1 saturated heterocycles. The van der Waals surface area contributed by atoms with Gasteiger partial charge in [-0.2, -0.15) is 0 Å². The van der Waals surface area contributed by atoms with E-state index >= 15 is 0 Å². The molecule has 132 valence electrons. The van der Waals surface area contributed by atoms with Gasteiger partial charge in [0.1, 0.15) is 18.0 Å². The van der Waals surface area contributed by atoms with Crippen molar-refractivity contribution in [2.24, 2.45) is 0 Å². The average Bonchev–Trinajstić information content (AvgIpc) is 2.61. The van der Waals surface area contributed by atoms with Crippen molar-refractivity contribution < 1.29 is 9.18 Å². The lowest BCUT2D eigenvalue weighted by Crippen LogP contribution is -2.53. The lowest BCUT2D eigenvalue weighted by molar-refractivity contribution is -0.120. The lowest BCUT2D eigenvalue weighted by Gasteiger charge is -2.37. The van der Waals surface area contributed by atoms with Crippen LogP contribution in [0.3, 0.4) is 0 Å². The smallest absolute Gasteiger partial charge is 0.241 e. The van der Waals surface area contributed by atoms with E-state index in [0.717, 1.165) is 37.7 Å². The van der Waals surface area contributed by atoms with Crippen LogP contribution >= 0.6 is 0 Å². The molecular formula is C18H22FN5O. The van der Waals surface area contributed by atoms with Crippen LogP contribution < -0.4 is 10.2 Å². The van der Waals surface area contributed by atoms with E-state index in [9.17, 15) is 9.18 Å². The minimum Gasteiger partial charge on any atom is -0.354 e. The molecule has 0 spiro atoms. The van der Waals surface area contributed by atoms with Crippen LogP contribution in [0, 0.1) is 12.7 Å². The van der Waals surface area contributed by atoms with Gasteiger partial charge in [0.25, 0.3) is 0 Å². The molecule has 1 aliphatic heterocycles. The zero-order valence-corrected chi connectivity index (χ0v) is 14.4. The van der Waals surface area contributed by atoms with Gasteiger partial charge in [0, 0.05) is 43.6 Å². The standard InChI is InChI=1S/C18H22FN5O/c1-13-10-17(21-12-20-13)24-8-6-23(7-9-24)14(2)18(25)22-16-5-3-4-15(19)11-16/h3-5,10-12,14H,6-9H2,1-2H3,(H,22,25). The Morgan fingerprint density at radius 2 is 1.96 bits per heavy atom. The average molecular weight is 343 g/mol. The number of carbonyl (C=O) groups excluding carboxylic acids is 1. The number of amides is 1. The summed E-state index contributed by atoms with van der Waals surface area (Å²) in [5.41, 5.74) is 1.42. The fourth-order valence-corrected chi connectivity index (χ4v) is 2.93. The first-order valence-electron chi connectivity index (χ1n) is 8.37. The van der Waals surface area contributed by atoms with E-state index < -0.39 is 0 Å². The number of hydrogen-bond acceptors (Lipinski definition) is 5. The Bertz CT molecular complexity index is 746. The van der Waals surface area contributed by atoms with Gasteiger partial charge in [-0.05, 0) is 32.0 Å². The molecule has 6 nitrogen and oxygen atoms in total. The highest BCUT2D eigenvalue weighted by atomic mass is 19.1. The zero-order chi connectivity index (χ0) is 17.8. The molecular weight excluding hydrogens is 321 g/mol. The maximum atomic E-state index is 13.2. The summed E-state index contributed by atoms with van der Waals surface area (Å²) in [6.07, 6.45) is 1.58. The van der Waals surface area contributed by atoms with Gasteiger partial charge in [-0.25, -0.2) is 14.4 Å². The molecule has 7 heteroatoms. The van der Waals surface area contributed by atoms with Crippen molar-refractivity contribution in [1.29, 1.82) is 0 Å². The number of nitrogens with one attached hydrogen (secondary N) is 1. The minimum atomic E-state index is -0.362. The van der Waals surface area contributed by atoms with Gasteiger partial charge >= 0.3 is 0 Å². The maximum Gasteiger partial charge on any atom is 0.241 e. The largest absolute Gasteiger partial charge is 0.354 e. The zero-order valence-electron chi connectivity index (χ0n) is 14.4. The molecule has 2 aromatic rings. The molecule has 0 aliphatic carbocycles. The minimum absolute atomic E-state index is 0.128. The van der Waals surface area contributed by atoms with E-state index in [0.29, 0.717) is 5.69 Å². The lowest BCUT2D eigenvalue weighted by atomic mass is 10.2. The maximum absolute atomic E-state index is 13.2. The molecule has 0 bridgehead atoms. The molecule has 1 N–H and O–H groups in total. The highest BCUT2D eigenvalue weighted by Gasteiger charge is 2.26. The molecule has 0 radical (unpaired) electrons. The molecule has 0 saturated carbocycles. The van der Waals surface area contributed by atoms with Gasteiger partial charge in [0.15, 0.2) is 0 Å². The number of hydrogen-bond donors (Lipinski definition) is 1. The molecule has 3 rings (SSSR count). The Balaban J connectivity index is 1.56. The van der Waals surface area contributed by atoms with Crippen molar-refractivity contribution in [1.82, 2.24) is 14.9 Å². The van der Waals surface area contributed by atoms with Crippen molar-refractivity contribution in [2.45, 2.75) is 19.9 Å². The van der Waals surface area contributed by atoms with Crippen LogP contribution in [0.1, 0.15) is 12.6 Å². The fourth-order valence-electron chi connectivity index (χ4n) is 2.93. The van der Waals surface area contributed by atoms with E-state index in [1.165, 1.54) is 12.1 Å². The normalized spacial score (nSPS) is 16.5. The second kappa shape index (κ2) is 7.57. The summed E-state index contributed by atoms with van der Waals surface area (Å²) < 4.78 is 13.2. The Morgan fingerprint density at radius 1 is 1.20 bits per heavy atom. The van der Waals surface area contributed by atoms with Gasteiger partial charge in [0.2, 0.25) is 5.91 Å². The van der Waals surface area contributed by atoms with E-state index in [1.54, 1.807) is 18.5 Å². The van der Waals surface area contributed by atoms with Crippen LogP contribution in [0.4, 0.5) is 15.9 Å². The summed E-state index contributed by atoms with van der Waals surface area (Å²) in [6.45, 7) is 6.95. The first-order chi connectivity index (χ1) is 12.0. The molecule has 1 aliphatic rings. The Morgan fingerprint density at radius 3 is 2.64 bits per heavy atom. The monoisotopic (exact) mass is 343 g/mol. The number of anilines is 2. The van der Waals surface area contributed by atoms with Crippen LogP contribution in [-0.4, -0.2) is 53.0 Å². The third kappa shape index (κ3) is 4.30. The van der Waals surface area contributed by atoms with Crippen molar-refractivity contribution in [3.8, 4) is 0 Å². The molecule has 1 unspecified atom stereocenters. The summed E-state index contributed by atoms with van der Waals surface area (Å²) >= 11 is 0. The summed E-state index contributed by atoms with van der Waals surface area (Å²) in [5, 5.41) is 2.78. The van der Waals surface area contributed by atoms with Gasteiger partial charge in [-0.15, -0.1) is 0 Å². The quantitative estimate of drug-likeness (QED) is 0.921. The molecule has 2 heterocycles. The summed E-state index contributed by atoms with van der Waals surface area (Å²) in [4.78, 5) is 25.2. The molecule has 1 aromatic carbocycles. The van der Waals surface area contributed by atoms with Crippen molar-refractivity contribution in [3.05, 3.63) is 48.2 Å². The van der Waals surface area contributed by atoms with Gasteiger partial charge in [-0.3, -0.25) is 9.69 Å². The van der Waals surface area contributed by atoms with Gasteiger partial charge in [0.05, 0.1) is 6.04 Å². The molecule has 1 fully saturated rings. The third-order valence-electron chi connectivity index (χ3n) is 4.45. The predicted molar refractivity (Wildman–Crippen MR) is 95.0 cm³/mol. The van der Waals surface area contributed by atoms with Crippen molar-refractivity contribution >= 4 is 17.4 Å². The Labute approximate surface area is 146 Å². The number of aromatic nitrogens is 2. The van der Waals surface area contributed by atoms with Crippen LogP contribution in [0.2, 0.25) is 0 Å². The Hall–Kier alpha value is -2.54. The van der Waals surface area contributed by atoms with Crippen LogP contribution in [-0.2, 0) is 4.79 Å². The van der Waals surface area contributed by atoms with Crippen molar-refractivity contribution in [2.75, 3.05) is 36.4 Å². The fraction of sp³-hybridized carbons (Fsp3) is 0.389. The number of benzene rings is 1. The van der Waals surface area contributed by atoms with Crippen LogP contribution in [0.5, 0.6) is 0 Å². The SMILES string of the molecule is Cc1cc(N2CCN(C(C)C(=O)Nc3cccc(F)c3)CC2)ncn1. The number of piperazine rings is 1. The second-order valence-electron chi connectivity index (χ2n) is 6.22. The number of aryl methyl sites for hydroxylation is 1. The van der Waals surface area contributed by atoms with Crippen LogP contribution in [0.25, 0.3) is 0 Å². The van der Waals surface area contributed by atoms with E-state index in [4.69, 9.17) is 0 Å². The number of nitrogens with zero attached hydrogens (tertiary/aromatic N) is 4. The molecule has 1 atom stereocenters. The van der Waals surface area contributed by atoms with E-state index in [1.807, 2.05) is 19.9 Å².